The highest BCUT2D eigenvalue weighted by Crippen LogP contribution is 2.39. The van der Waals surface area contributed by atoms with Gasteiger partial charge in [0.1, 0.15) is 17.3 Å². The maximum atomic E-state index is 13.6. The maximum absolute atomic E-state index is 13.6. The van der Waals surface area contributed by atoms with Crippen molar-refractivity contribution in [1.82, 2.24) is 9.97 Å². The number of carbonyl (C=O) groups is 1. The number of halogens is 2. The van der Waals surface area contributed by atoms with Crippen molar-refractivity contribution < 1.29 is 27.8 Å². The van der Waals surface area contributed by atoms with Gasteiger partial charge in [-0.05, 0) is 35.7 Å². The Morgan fingerprint density at radius 3 is 2.19 bits per heavy atom. The van der Waals surface area contributed by atoms with Gasteiger partial charge in [0.05, 0.1) is 31.5 Å². The Morgan fingerprint density at radius 1 is 0.938 bits per heavy atom. The number of aromatic nitrogens is 2. The van der Waals surface area contributed by atoms with Crippen LogP contribution in [-0.2, 0) is 0 Å². The zero-order valence-electron chi connectivity index (χ0n) is 17.2. The average Bonchev–Trinajstić information content (AvgIpc) is 3.24. The third-order valence-electron chi connectivity index (χ3n) is 4.56. The van der Waals surface area contributed by atoms with Crippen LogP contribution in [0.1, 0.15) is 16.1 Å². The number of hydrogen-bond acceptors (Lipinski definition) is 8. The lowest BCUT2D eigenvalue weighted by Gasteiger charge is -2.14. The number of rotatable bonds is 7. The summed E-state index contributed by atoms with van der Waals surface area (Å²) >= 11 is 1.30. The number of anilines is 2. The molecule has 7 nitrogen and oxygen atoms in total. The molecule has 2 heterocycles. The Kier molecular flexibility index (Phi) is 5.87. The molecule has 1 N–H and O–H groups in total. The molecule has 4 rings (SSSR count). The number of thiophene rings is 1. The van der Waals surface area contributed by atoms with Crippen LogP contribution in [0.5, 0.6) is 17.2 Å². The lowest BCUT2D eigenvalue weighted by atomic mass is 10.1. The molecule has 10 heteroatoms. The lowest BCUT2D eigenvalue weighted by molar-refractivity contribution is 0.103. The number of nitrogens with zero attached hydrogens (tertiary/aromatic N) is 2. The first-order valence-electron chi connectivity index (χ1n) is 9.26. The van der Waals surface area contributed by atoms with Crippen LogP contribution in [0.25, 0.3) is 10.2 Å². The van der Waals surface area contributed by atoms with E-state index in [4.69, 9.17) is 14.2 Å². The summed E-state index contributed by atoms with van der Waals surface area (Å²) in [5.74, 6) is -0.897. The highest BCUT2D eigenvalue weighted by Gasteiger charge is 2.22. The van der Waals surface area contributed by atoms with E-state index in [9.17, 15) is 13.6 Å². The van der Waals surface area contributed by atoms with Crippen LogP contribution in [0.3, 0.4) is 0 Å². The van der Waals surface area contributed by atoms with Crippen molar-refractivity contribution >= 4 is 39.0 Å². The van der Waals surface area contributed by atoms with Gasteiger partial charge in [0.15, 0.2) is 11.5 Å². The van der Waals surface area contributed by atoms with Crippen molar-refractivity contribution in [2.45, 2.75) is 0 Å². The molecule has 4 aromatic rings. The summed E-state index contributed by atoms with van der Waals surface area (Å²) in [6.07, 6.45) is 0. The molecule has 0 aliphatic rings. The second-order valence-electron chi connectivity index (χ2n) is 6.56. The Labute approximate surface area is 185 Å². The van der Waals surface area contributed by atoms with Crippen LogP contribution in [-0.4, -0.2) is 37.1 Å². The maximum Gasteiger partial charge on any atom is 0.228 e. The van der Waals surface area contributed by atoms with E-state index in [2.05, 4.69) is 15.3 Å². The number of benzene rings is 2. The lowest BCUT2D eigenvalue weighted by Crippen LogP contribution is -2.09. The zero-order valence-corrected chi connectivity index (χ0v) is 18.0. The number of fused-ring (bicyclic) bond motifs is 1. The average molecular weight is 457 g/mol. The van der Waals surface area contributed by atoms with Gasteiger partial charge in [-0.2, -0.15) is 0 Å². The Balaban J connectivity index is 1.80. The van der Waals surface area contributed by atoms with Gasteiger partial charge in [-0.25, -0.2) is 18.7 Å². The van der Waals surface area contributed by atoms with Crippen LogP contribution in [0.15, 0.2) is 41.8 Å². The molecule has 0 saturated heterocycles. The second kappa shape index (κ2) is 8.75. The van der Waals surface area contributed by atoms with Gasteiger partial charge in [0, 0.05) is 17.3 Å². The van der Waals surface area contributed by atoms with E-state index in [-0.39, 0.29) is 22.9 Å². The van der Waals surface area contributed by atoms with E-state index in [0.717, 1.165) is 18.2 Å². The van der Waals surface area contributed by atoms with Crippen molar-refractivity contribution in [3.05, 3.63) is 64.7 Å². The smallest absolute Gasteiger partial charge is 0.228 e. The third-order valence-corrected chi connectivity index (χ3v) is 5.47. The minimum atomic E-state index is -0.752. The molecule has 2 aromatic carbocycles. The molecular formula is C22H17F2N3O4S. The summed E-state index contributed by atoms with van der Waals surface area (Å²) in [6, 6.07) is 7.75. The van der Waals surface area contributed by atoms with Gasteiger partial charge < -0.3 is 19.5 Å². The molecule has 0 amide bonds. The summed E-state index contributed by atoms with van der Waals surface area (Å²) in [6.45, 7) is 0. The topological polar surface area (TPSA) is 82.6 Å². The minimum absolute atomic E-state index is 0.0247. The van der Waals surface area contributed by atoms with Crippen LogP contribution >= 0.6 is 11.3 Å². The van der Waals surface area contributed by atoms with E-state index < -0.39 is 17.4 Å². The van der Waals surface area contributed by atoms with Crippen LogP contribution in [0.2, 0.25) is 0 Å². The van der Waals surface area contributed by atoms with Gasteiger partial charge >= 0.3 is 0 Å². The van der Waals surface area contributed by atoms with E-state index in [1.54, 1.807) is 11.4 Å². The molecule has 164 valence electrons. The van der Waals surface area contributed by atoms with Crippen LogP contribution < -0.4 is 19.5 Å². The fraction of sp³-hybridized carbons (Fsp3) is 0.136. The molecule has 0 spiro atoms. The predicted molar refractivity (Wildman–Crippen MR) is 117 cm³/mol. The quantitative estimate of drug-likeness (QED) is 0.392. The molecule has 0 aliphatic carbocycles. The molecule has 0 unspecified atom stereocenters. The third kappa shape index (κ3) is 4.04. The molecule has 32 heavy (non-hydrogen) atoms. The highest BCUT2D eigenvalue weighted by molar-refractivity contribution is 7.17. The first-order valence-corrected chi connectivity index (χ1v) is 10.1. The highest BCUT2D eigenvalue weighted by atomic mass is 32.1. The first kappa shape index (κ1) is 21.4. The molecule has 0 radical (unpaired) electrons. The molecule has 0 bridgehead atoms. The number of ketones is 1. The molecule has 0 aliphatic heterocycles. The van der Waals surface area contributed by atoms with Crippen molar-refractivity contribution in [3.63, 3.8) is 0 Å². The van der Waals surface area contributed by atoms with Gasteiger partial charge in [0.25, 0.3) is 0 Å². The van der Waals surface area contributed by atoms with E-state index in [0.29, 0.717) is 27.5 Å². The van der Waals surface area contributed by atoms with Crippen LogP contribution in [0.4, 0.5) is 20.4 Å². The molecule has 2 aromatic heterocycles. The molecule has 0 saturated carbocycles. The summed E-state index contributed by atoms with van der Waals surface area (Å²) in [5, 5.41) is 4.53. The number of hydrogen-bond donors (Lipinski definition) is 1. The SMILES string of the molecule is COc1cc(C(=O)c2nc(Nc3cc(F)cc(F)c3)nc3ccsc23)cc(OC)c1OC. The van der Waals surface area contributed by atoms with Crippen molar-refractivity contribution in [2.75, 3.05) is 26.6 Å². The second-order valence-corrected chi connectivity index (χ2v) is 7.47. The number of methoxy groups -OCH3 is 3. The summed E-state index contributed by atoms with van der Waals surface area (Å²) in [7, 11) is 4.37. The van der Waals surface area contributed by atoms with E-state index >= 15 is 0 Å². The summed E-state index contributed by atoms with van der Waals surface area (Å²) in [4.78, 5) is 22.1. The monoisotopic (exact) mass is 457 g/mol. The summed E-state index contributed by atoms with van der Waals surface area (Å²) in [5.41, 5.74) is 1.01. The van der Waals surface area contributed by atoms with Gasteiger partial charge in [-0.3, -0.25) is 4.79 Å². The largest absolute Gasteiger partial charge is 0.493 e. The number of ether oxygens (including phenoxy) is 3. The fourth-order valence-corrected chi connectivity index (χ4v) is 3.99. The minimum Gasteiger partial charge on any atom is -0.493 e. The van der Waals surface area contributed by atoms with E-state index in [1.165, 1.54) is 44.8 Å². The normalized spacial score (nSPS) is 10.8. The zero-order chi connectivity index (χ0) is 22.8. The Morgan fingerprint density at radius 2 is 1.59 bits per heavy atom. The van der Waals surface area contributed by atoms with Crippen molar-refractivity contribution in [1.29, 1.82) is 0 Å². The van der Waals surface area contributed by atoms with Crippen molar-refractivity contribution in [3.8, 4) is 17.2 Å². The van der Waals surface area contributed by atoms with Gasteiger partial charge in [-0.15, -0.1) is 11.3 Å². The number of carbonyl (C=O) groups excluding carboxylic acids is 1. The Hall–Kier alpha value is -3.79. The van der Waals surface area contributed by atoms with Crippen molar-refractivity contribution in [2.24, 2.45) is 0 Å². The Bertz CT molecular complexity index is 1280. The summed E-state index contributed by atoms with van der Waals surface area (Å²) < 4.78 is 43.7. The molecular weight excluding hydrogens is 440 g/mol. The number of nitrogens with one attached hydrogen (secondary N) is 1. The molecule has 0 atom stereocenters. The standard InChI is InChI=1S/C22H17F2N3O4S/c1-29-16-6-11(7-17(30-2)20(16)31-3)19(28)18-21-15(4-5-32-21)26-22(27-18)25-14-9-12(23)8-13(24)10-14/h4-10H,1-3H3,(H,25,26,27). The fourth-order valence-electron chi connectivity index (χ4n) is 3.18. The van der Waals surface area contributed by atoms with Gasteiger partial charge in [-0.1, -0.05) is 0 Å². The van der Waals surface area contributed by atoms with E-state index in [1.807, 2.05) is 0 Å². The first-order chi connectivity index (χ1) is 15.4. The molecule has 0 fully saturated rings. The van der Waals surface area contributed by atoms with Crippen LogP contribution in [0, 0.1) is 11.6 Å². The van der Waals surface area contributed by atoms with Gasteiger partial charge in [0.2, 0.25) is 17.5 Å². The predicted octanol–water partition coefficient (Wildman–Crippen LogP) is 4.97.